The predicted molar refractivity (Wildman–Crippen MR) is 97.0 cm³/mol. The van der Waals surface area contributed by atoms with Crippen LogP contribution in [0.4, 0.5) is 5.00 Å². The summed E-state index contributed by atoms with van der Waals surface area (Å²) in [7, 11) is 2.04. The van der Waals surface area contributed by atoms with Gasteiger partial charge < -0.3 is 16.0 Å². The van der Waals surface area contributed by atoms with Gasteiger partial charge in [-0.3, -0.25) is 9.59 Å². The minimum Gasteiger partial charge on any atom is -0.365 e. The second-order valence-corrected chi connectivity index (χ2v) is 6.90. The van der Waals surface area contributed by atoms with Gasteiger partial charge in [0.25, 0.3) is 5.91 Å². The van der Waals surface area contributed by atoms with E-state index in [2.05, 4.69) is 10.2 Å². The van der Waals surface area contributed by atoms with E-state index in [4.69, 9.17) is 5.73 Å². The second kappa shape index (κ2) is 6.98. The van der Waals surface area contributed by atoms with E-state index in [-0.39, 0.29) is 5.91 Å². The number of nitrogens with two attached hydrogens (primary N) is 1. The first-order valence-corrected chi connectivity index (χ1v) is 8.53. The largest absolute Gasteiger partial charge is 0.365 e. The van der Waals surface area contributed by atoms with Crippen molar-refractivity contribution in [3.63, 3.8) is 0 Å². The van der Waals surface area contributed by atoms with Gasteiger partial charge in [-0.05, 0) is 30.7 Å². The molecule has 6 heteroatoms. The Labute approximate surface area is 144 Å². The van der Waals surface area contributed by atoms with Crippen molar-refractivity contribution in [2.24, 2.45) is 5.73 Å². The lowest BCUT2D eigenvalue weighted by atomic mass is 10.0. The fourth-order valence-corrected chi connectivity index (χ4v) is 4.11. The highest BCUT2D eigenvalue weighted by Crippen LogP contribution is 2.36. The van der Waals surface area contributed by atoms with E-state index in [9.17, 15) is 9.59 Å². The number of primary amides is 1. The molecule has 0 aliphatic carbocycles. The summed E-state index contributed by atoms with van der Waals surface area (Å²) in [4.78, 5) is 27.3. The monoisotopic (exact) mass is 341 g/mol. The molecular formula is C18H19N3O2S. The van der Waals surface area contributed by atoms with Crippen LogP contribution in [0.5, 0.6) is 0 Å². The van der Waals surface area contributed by atoms with Gasteiger partial charge >= 0.3 is 0 Å². The Kier molecular flexibility index (Phi) is 4.78. The average Bonchev–Trinajstić information content (AvgIpc) is 2.90. The molecule has 0 saturated carbocycles. The molecule has 0 bridgehead atoms. The number of nitrogens with zero attached hydrogens (tertiary/aromatic N) is 1. The van der Waals surface area contributed by atoms with Crippen molar-refractivity contribution in [3.8, 4) is 0 Å². The lowest BCUT2D eigenvalue weighted by Crippen LogP contribution is -2.27. The Hall–Kier alpha value is -2.44. The number of fused-ring (bicyclic) bond motifs is 1. The van der Waals surface area contributed by atoms with Crippen LogP contribution in [0.15, 0.2) is 36.4 Å². The molecule has 2 amide bonds. The molecule has 1 aromatic carbocycles. The van der Waals surface area contributed by atoms with Crippen LogP contribution in [0.2, 0.25) is 0 Å². The number of carbonyl (C=O) groups excluding carboxylic acids is 2. The molecule has 0 fully saturated rings. The molecule has 1 aliphatic rings. The fourth-order valence-electron chi connectivity index (χ4n) is 2.77. The summed E-state index contributed by atoms with van der Waals surface area (Å²) in [6.07, 6.45) is 3.97. The van der Waals surface area contributed by atoms with Gasteiger partial charge in [0, 0.05) is 24.0 Å². The lowest BCUT2D eigenvalue weighted by Gasteiger charge is -2.22. The first kappa shape index (κ1) is 16.4. The molecule has 2 aromatic rings. The molecule has 3 N–H and O–H groups in total. The van der Waals surface area contributed by atoms with Crippen LogP contribution in [0.3, 0.4) is 0 Å². The Bertz CT molecular complexity index is 796. The summed E-state index contributed by atoms with van der Waals surface area (Å²) in [5, 5.41) is 3.35. The number of anilines is 1. The number of benzene rings is 1. The number of rotatable bonds is 4. The van der Waals surface area contributed by atoms with Crippen LogP contribution >= 0.6 is 11.3 Å². The zero-order chi connectivity index (χ0) is 17.1. The maximum Gasteiger partial charge on any atom is 0.251 e. The highest BCUT2D eigenvalue weighted by molar-refractivity contribution is 7.17. The average molecular weight is 341 g/mol. The highest BCUT2D eigenvalue weighted by Gasteiger charge is 2.26. The Morgan fingerprint density at radius 1 is 1.29 bits per heavy atom. The maximum atomic E-state index is 12.2. The van der Waals surface area contributed by atoms with Gasteiger partial charge in [-0.2, -0.15) is 0 Å². The van der Waals surface area contributed by atoms with Crippen molar-refractivity contribution in [2.75, 3.05) is 18.9 Å². The molecule has 0 atom stereocenters. The van der Waals surface area contributed by atoms with E-state index < -0.39 is 5.91 Å². The van der Waals surface area contributed by atoms with Gasteiger partial charge in [0.15, 0.2) is 0 Å². The molecule has 1 aromatic heterocycles. The first-order chi connectivity index (χ1) is 11.5. The molecule has 0 unspecified atom stereocenters. The first-order valence-electron chi connectivity index (χ1n) is 7.71. The minimum absolute atomic E-state index is 0.270. The van der Waals surface area contributed by atoms with Crippen LogP contribution < -0.4 is 11.1 Å². The Morgan fingerprint density at radius 3 is 2.75 bits per heavy atom. The van der Waals surface area contributed by atoms with Crippen LogP contribution in [-0.4, -0.2) is 30.3 Å². The third kappa shape index (κ3) is 3.55. The van der Waals surface area contributed by atoms with Gasteiger partial charge in [-0.1, -0.05) is 30.3 Å². The number of hydrogen-bond acceptors (Lipinski definition) is 4. The summed E-state index contributed by atoms with van der Waals surface area (Å²) in [6, 6.07) is 9.57. The SMILES string of the molecule is CN1CCc2c(sc(NC(=O)C=Cc3ccccc3)c2C(N)=O)C1. The number of thiophene rings is 1. The molecule has 0 radical (unpaired) electrons. The minimum atomic E-state index is -0.487. The topological polar surface area (TPSA) is 75.4 Å². The molecule has 24 heavy (non-hydrogen) atoms. The number of nitrogens with one attached hydrogen (secondary N) is 1. The number of amides is 2. The third-order valence-corrected chi connectivity index (χ3v) is 5.09. The van der Waals surface area contributed by atoms with Crippen molar-refractivity contribution >= 4 is 34.2 Å². The Morgan fingerprint density at radius 2 is 2.04 bits per heavy atom. The van der Waals surface area contributed by atoms with Crippen molar-refractivity contribution in [1.29, 1.82) is 0 Å². The smallest absolute Gasteiger partial charge is 0.251 e. The van der Waals surface area contributed by atoms with E-state index in [0.717, 1.165) is 35.5 Å². The summed E-state index contributed by atoms with van der Waals surface area (Å²) < 4.78 is 0. The molecular weight excluding hydrogens is 322 g/mol. The lowest BCUT2D eigenvalue weighted by molar-refractivity contribution is -0.111. The quantitative estimate of drug-likeness (QED) is 0.839. The number of carbonyl (C=O) groups is 2. The predicted octanol–water partition coefficient (Wildman–Crippen LogP) is 2.49. The standard InChI is InChI=1S/C18H19N3O2S/c1-21-10-9-13-14(11-21)24-18(16(13)17(19)23)20-15(22)8-7-12-5-3-2-4-6-12/h2-8H,9-11H2,1H3,(H2,19,23)(H,20,22). The summed E-state index contributed by atoms with van der Waals surface area (Å²) in [5.74, 6) is -0.757. The van der Waals surface area contributed by atoms with Crippen LogP contribution in [0.1, 0.15) is 26.4 Å². The van der Waals surface area contributed by atoms with Crippen LogP contribution in [0, 0.1) is 0 Å². The number of hydrogen-bond donors (Lipinski definition) is 2. The van der Waals surface area contributed by atoms with Gasteiger partial charge in [-0.15, -0.1) is 11.3 Å². The van der Waals surface area contributed by atoms with E-state index in [1.807, 2.05) is 37.4 Å². The van der Waals surface area contributed by atoms with Crippen molar-refractivity contribution in [2.45, 2.75) is 13.0 Å². The molecule has 124 valence electrons. The van der Waals surface area contributed by atoms with Gasteiger partial charge in [0.1, 0.15) is 5.00 Å². The number of likely N-dealkylation sites (N-methyl/N-ethyl adjacent to an activating group) is 1. The Balaban J connectivity index is 1.81. The fraction of sp³-hybridized carbons (Fsp3) is 0.222. The van der Waals surface area contributed by atoms with Gasteiger partial charge in [-0.25, -0.2) is 0 Å². The highest BCUT2D eigenvalue weighted by atomic mass is 32.1. The van der Waals surface area contributed by atoms with Crippen LogP contribution in [0.25, 0.3) is 6.08 Å². The third-order valence-electron chi connectivity index (χ3n) is 3.96. The zero-order valence-electron chi connectivity index (χ0n) is 13.4. The maximum absolute atomic E-state index is 12.2. The molecule has 3 rings (SSSR count). The van der Waals surface area contributed by atoms with Crippen molar-refractivity contribution in [3.05, 3.63) is 58.0 Å². The molecule has 2 heterocycles. The molecule has 1 aliphatic heterocycles. The van der Waals surface area contributed by atoms with E-state index in [1.165, 1.54) is 17.4 Å². The summed E-state index contributed by atoms with van der Waals surface area (Å²) >= 11 is 1.44. The van der Waals surface area contributed by atoms with Crippen molar-refractivity contribution < 1.29 is 9.59 Å². The summed E-state index contributed by atoms with van der Waals surface area (Å²) in [6.45, 7) is 1.65. The van der Waals surface area contributed by atoms with E-state index in [0.29, 0.717) is 10.6 Å². The molecule has 0 saturated heterocycles. The van der Waals surface area contributed by atoms with Gasteiger partial charge in [0.05, 0.1) is 5.56 Å². The van der Waals surface area contributed by atoms with E-state index in [1.54, 1.807) is 6.08 Å². The molecule has 0 spiro atoms. The zero-order valence-corrected chi connectivity index (χ0v) is 14.2. The van der Waals surface area contributed by atoms with Crippen LogP contribution in [-0.2, 0) is 17.8 Å². The van der Waals surface area contributed by atoms with Crippen molar-refractivity contribution in [1.82, 2.24) is 4.90 Å². The summed E-state index contributed by atoms with van der Waals surface area (Å²) in [5.41, 5.74) is 7.93. The normalized spacial score (nSPS) is 14.5. The van der Waals surface area contributed by atoms with Gasteiger partial charge in [0.2, 0.25) is 5.91 Å². The second-order valence-electron chi connectivity index (χ2n) is 5.79. The van der Waals surface area contributed by atoms with E-state index >= 15 is 0 Å². The molecule has 5 nitrogen and oxygen atoms in total.